The number of rotatable bonds is 2. The molecule has 0 saturated heterocycles. The molecule has 8 aromatic rings. The summed E-state index contributed by atoms with van der Waals surface area (Å²) in [6.45, 7) is 0. The Labute approximate surface area is 295 Å². The van der Waals surface area contributed by atoms with Crippen LogP contribution in [0.25, 0.3) is 54.2 Å². The van der Waals surface area contributed by atoms with Crippen molar-refractivity contribution >= 4 is 94.8 Å². The van der Waals surface area contributed by atoms with Crippen LogP contribution in [0, 0.1) is 11.6 Å². The lowest BCUT2D eigenvalue weighted by Gasteiger charge is -2.11. The molecule has 0 aliphatic heterocycles. The molecule has 0 saturated carbocycles. The van der Waals surface area contributed by atoms with Crippen LogP contribution < -0.4 is 5.46 Å². The number of benzene rings is 8. The van der Waals surface area contributed by atoms with E-state index in [9.17, 15) is 18.8 Å². The molecule has 8 heteroatoms. The fourth-order valence-electron chi connectivity index (χ4n) is 5.82. The lowest BCUT2D eigenvalue weighted by atomic mass is 9.76. The molecule has 8 rings (SSSR count). The fraction of sp³-hybridized carbons (Fsp3) is 0. The van der Waals surface area contributed by atoms with Gasteiger partial charge in [0.15, 0.2) is 0 Å². The van der Waals surface area contributed by atoms with Gasteiger partial charge in [-0.15, -0.1) is 0 Å². The average Bonchev–Trinajstić information content (AvgIpc) is 3.07. The van der Waals surface area contributed by atoms with Gasteiger partial charge in [0.25, 0.3) is 0 Å². The first-order valence-electron chi connectivity index (χ1n) is 14.9. The summed E-state index contributed by atoms with van der Waals surface area (Å²) in [6, 6.07) is 45.0. The Hall–Kier alpha value is -4.30. The maximum absolute atomic E-state index is 13.7. The van der Waals surface area contributed by atoms with E-state index in [1.54, 1.807) is 12.1 Å². The van der Waals surface area contributed by atoms with Crippen LogP contribution in [0.1, 0.15) is 0 Å². The van der Waals surface area contributed by atoms with Crippen molar-refractivity contribution in [1.82, 2.24) is 0 Å². The van der Waals surface area contributed by atoms with Crippen molar-refractivity contribution in [1.29, 1.82) is 0 Å². The maximum Gasteiger partial charge on any atom is 0.489 e. The number of hydrogen-bond donors (Lipinski definition) is 2. The molecular formula is C40H26BBrCl2F2O2. The second-order valence-corrected chi connectivity index (χ2v) is 12.8. The highest BCUT2D eigenvalue weighted by molar-refractivity contribution is 9.10. The normalized spacial score (nSPS) is 10.8. The van der Waals surface area contributed by atoms with Crippen LogP contribution in [0.4, 0.5) is 8.78 Å². The van der Waals surface area contributed by atoms with Crippen molar-refractivity contribution in [3.63, 3.8) is 0 Å². The van der Waals surface area contributed by atoms with Crippen molar-refractivity contribution in [2.24, 2.45) is 0 Å². The topological polar surface area (TPSA) is 40.5 Å². The van der Waals surface area contributed by atoms with Crippen molar-refractivity contribution in [2.75, 3.05) is 0 Å². The van der Waals surface area contributed by atoms with Gasteiger partial charge in [-0.2, -0.15) is 0 Å². The van der Waals surface area contributed by atoms with E-state index < -0.39 is 7.12 Å². The Morgan fingerprint density at radius 2 is 0.938 bits per heavy atom. The first-order chi connectivity index (χ1) is 23.2. The zero-order chi connectivity index (χ0) is 33.8. The minimum Gasteiger partial charge on any atom is -0.423 e. The zero-order valence-electron chi connectivity index (χ0n) is 25.2. The smallest absolute Gasteiger partial charge is 0.423 e. The van der Waals surface area contributed by atoms with E-state index >= 15 is 0 Å². The highest BCUT2D eigenvalue weighted by Crippen LogP contribution is 2.36. The molecule has 0 spiro atoms. The van der Waals surface area contributed by atoms with Gasteiger partial charge >= 0.3 is 7.12 Å². The second-order valence-electron chi connectivity index (χ2n) is 11.0. The highest BCUT2D eigenvalue weighted by Gasteiger charge is 2.16. The summed E-state index contributed by atoms with van der Waals surface area (Å²) in [5.74, 6) is -0.644. The number of fused-ring (bicyclic) bond motifs is 6. The van der Waals surface area contributed by atoms with Gasteiger partial charge in [0.2, 0.25) is 0 Å². The van der Waals surface area contributed by atoms with E-state index in [0.717, 1.165) is 48.8 Å². The van der Waals surface area contributed by atoms with Crippen LogP contribution in [0.15, 0.2) is 150 Å². The monoisotopic (exact) mass is 736 g/mol. The van der Waals surface area contributed by atoms with Gasteiger partial charge in [-0.25, -0.2) is 8.78 Å². The summed E-state index contributed by atoms with van der Waals surface area (Å²) < 4.78 is 26.7. The van der Waals surface area contributed by atoms with Crippen LogP contribution in [0.3, 0.4) is 0 Å². The molecule has 0 heterocycles. The van der Waals surface area contributed by atoms with Crippen LogP contribution >= 0.6 is 39.1 Å². The third kappa shape index (κ3) is 7.54. The summed E-state index contributed by atoms with van der Waals surface area (Å²) in [5.41, 5.74) is 2.35. The van der Waals surface area contributed by atoms with E-state index in [1.807, 2.05) is 78.9 Å². The Balaban J connectivity index is 0.000000137. The van der Waals surface area contributed by atoms with Crippen LogP contribution in [-0.4, -0.2) is 17.2 Å². The third-order valence-electron chi connectivity index (χ3n) is 7.85. The maximum atomic E-state index is 13.7. The molecule has 0 radical (unpaired) electrons. The van der Waals surface area contributed by atoms with Gasteiger partial charge in [-0.1, -0.05) is 142 Å². The van der Waals surface area contributed by atoms with Crippen LogP contribution in [-0.2, 0) is 0 Å². The Bertz CT molecular complexity index is 2350. The van der Waals surface area contributed by atoms with Crippen molar-refractivity contribution in [2.45, 2.75) is 0 Å². The van der Waals surface area contributed by atoms with E-state index in [4.69, 9.17) is 23.2 Å². The molecule has 0 atom stereocenters. The first kappa shape index (κ1) is 33.6. The largest absolute Gasteiger partial charge is 0.489 e. The first-order valence-corrected chi connectivity index (χ1v) is 16.5. The average molecular weight is 738 g/mol. The van der Waals surface area contributed by atoms with Gasteiger partial charge in [0.05, 0.1) is 0 Å². The van der Waals surface area contributed by atoms with Gasteiger partial charge in [0, 0.05) is 14.5 Å². The Morgan fingerprint density at radius 1 is 0.479 bits per heavy atom. The summed E-state index contributed by atoms with van der Waals surface area (Å²) in [7, 11) is -1.44. The molecular weight excluding hydrogens is 712 g/mol. The lowest BCUT2D eigenvalue weighted by molar-refractivity contribution is 0.426. The van der Waals surface area contributed by atoms with Crippen molar-refractivity contribution < 1.29 is 18.8 Å². The molecule has 2 N–H and O–H groups in total. The molecule has 2 nitrogen and oxygen atoms in total. The highest BCUT2D eigenvalue weighted by atomic mass is 79.9. The van der Waals surface area contributed by atoms with Gasteiger partial charge in [0.1, 0.15) is 11.6 Å². The van der Waals surface area contributed by atoms with Crippen molar-refractivity contribution in [3.05, 3.63) is 172 Å². The molecule has 0 bridgehead atoms. The van der Waals surface area contributed by atoms with Gasteiger partial charge in [-0.05, 0) is 102 Å². The molecule has 0 unspecified atom stereocenters. The molecule has 0 aliphatic carbocycles. The molecule has 0 amide bonds. The Kier molecular flexibility index (Phi) is 10.4. The molecule has 48 heavy (non-hydrogen) atoms. The predicted octanol–water partition coefficient (Wildman–Crippen LogP) is 11.4. The number of hydrogen-bond acceptors (Lipinski definition) is 2. The SMILES string of the molecule is Fc1cc(Cl)cc(-c2cc3ccccc3c3ccccc23)c1.Fc1cc(Cl)cc(Br)c1.OB(O)c1cc2ccccc2c2ccccc12. The molecule has 8 aromatic carbocycles. The standard InChI is InChI=1S/C20H12ClF.C14H11BO2.C6H3BrClF/c21-15-9-14(10-16(22)12-15)20-11-13-5-1-2-6-17(13)18-7-3-4-8-19(18)20;16-15(17)14-9-10-5-1-2-6-11(10)12-7-3-4-8-13(12)14;7-4-1-5(8)3-6(9)2-4/h1-12H;1-9,16-17H;1-3H. The lowest BCUT2D eigenvalue weighted by Crippen LogP contribution is -2.30. The minimum atomic E-state index is -1.44. The van der Waals surface area contributed by atoms with Crippen molar-refractivity contribution in [3.8, 4) is 11.1 Å². The summed E-state index contributed by atoms with van der Waals surface area (Å²) >= 11 is 14.6. The fourth-order valence-corrected chi connectivity index (χ4v) is 6.86. The molecule has 0 aromatic heterocycles. The van der Waals surface area contributed by atoms with E-state index in [0.29, 0.717) is 20.0 Å². The Morgan fingerprint density at radius 3 is 1.48 bits per heavy atom. The number of halogens is 5. The molecule has 0 fully saturated rings. The molecule has 236 valence electrons. The third-order valence-corrected chi connectivity index (χ3v) is 8.74. The van der Waals surface area contributed by atoms with E-state index in [2.05, 4.69) is 46.3 Å². The van der Waals surface area contributed by atoms with Gasteiger partial charge in [-0.3, -0.25) is 0 Å². The second kappa shape index (κ2) is 14.9. The summed E-state index contributed by atoms with van der Waals surface area (Å²) in [6.07, 6.45) is 0. The summed E-state index contributed by atoms with van der Waals surface area (Å²) in [5, 5.41) is 28.4. The van der Waals surface area contributed by atoms with Crippen LogP contribution in [0.2, 0.25) is 10.0 Å². The quantitative estimate of drug-likeness (QED) is 0.137. The van der Waals surface area contributed by atoms with Crippen LogP contribution in [0.5, 0.6) is 0 Å². The minimum absolute atomic E-state index is 0.320. The van der Waals surface area contributed by atoms with E-state index in [-0.39, 0.29) is 11.6 Å². The summed E-state index contributed by atoms with van der Waals surface area (Å²) in [4.78, 5) is 0. The predicted molar refractivity (Wildman–Crippen MR) is 202 cm³/mol. The van der Waals surface area contributed by atoms with E-state index in [1.165, 1.54) is 29.7 Å². The zero-order valence-corrected chi connectivity index (χ0v) is 28.3. The van der Waals surface area contributed by atoms with Gasteiger partial charge < -0.3 is 10.0 Å². The molecule has 0 aliphatic rings.